The summed E-state index contributed by atoms with van der Waals surface area (Å²) in [7, 11) is 0. The molecule has 3 rings (SSSR count). The molecule has 1 aromatic rings. The van der Waals surface area contributed by atoms with Crippen LogP contribution in [0.3, 0.4) is 0 Å². The molecule has 25 heavy (non-hydrogen) atoms. The van der Waals surface area contributed by atoms with Gasteiger partial charge in [0.2, 0.25) is 5.91 Å². The van der Waals surface area contributed by atoms with Gasteiger partial charge in [0.15, 0.2) is 0 Å². The van der Waals surface area contributed by atoms with Gasteiger partial charge in [0.25, 0.3) is 5.91 Å². The molecule has 0 unspecified atom stereocenters. The van der Waals surface area contributed by atoms with Crippen molar-refractivity contribution in [3.8, 4) is 0 Å². The fourth-order valence-corrected chi connectivity index (χ4v) is 3.40. The summed E-state index contributed by atoms with van der Waals surface area (Å²) in [6, 6.07) is 3.72. The Labute approximate surface area is 147 Å². The first-order chi connectivity index (χ1) is 12.1. The summed E-state index contributed by atoms with van der Waals surface area (Å²) in [5.74, 6) is 0.494. The van der Waals surface area contributed by atoms with E-state index in [1.807, 2.05) is 17.9 Å². The van der Waals surface area contributed by atoms with Gasteiger partial charge in [-0.25, -0.2) is 4.98 Å². The average Bonchev–Trinajstić information content (AvgIpc) is 3.12. The molecule has 3 N–H and O–H groups in total. The number of pyridine rings is 1. The molecular weight excluding hydrogens is 320 g/mol. The summed E-state index contributed by atoms with van der Waals surface area (Å²) in [5, 5.41) is 2.86. The van der Waals surface area contributed by atoms with E-state index in [0.717, 1.165) is 18.4 Å². The fourth-order valence-electron chi connectivity index (χ4n) is 3.40. The van der Waals surface area contributed by atoms with E-state index in [9.17, 15) is 9.59 Å². The van der Waals surface area contributed by atoms with Crippen molar-refractivity contribution in [3.63, 3.8) is 0 Å². The summed E-state index contributed by atoms with van der Waals surface area (Å²) in [4.78, 5) is 30.9. The number of amides is 2. The molecule has 0 aromatic carbocycles. The summed E-state index contributed by atoms with van der Waals surface area (Å²) in [6.45, 7) is 3.59. The van der Waals surface area contributed by atoms with Crippen LogP contribution in [0.5, 0.6) is 0 Å². The van der Waals surface area contributed by atoms with Crippen LogP contribution in [0.1, 0.15) is 31.2 Å². The fraction of sp³-hybridized carbons (Fsp3) is 0.611. The van der Waals surface area contributed by atoms with Crippen LogP contribution in [-0.4, -0.2) is 53.5 Å². The Morgan fingerprint density at radius 3 is 2.64 bits per heavy atom. The van der Waals surface area contributed by atoms with Gasteiger partial charge < -0.3 is 20.7 Å². The minimum absolute atomic E-state index is 0.000670. The topological polar surface area (TPSA) is 97.6 Å². The Morgan fingerprint density at radius 2 is 2.04 bits per heavy atom. The first kappa shape index (κ1) is 17.8. The molecule has 0 spiro atoms. The smallest absolute Gasteiger partial charge is 0.251 e. The van der Waals surface area contributed by atoms with Crippen molar-refractivity contribution in [2.75, 3.05) is 25.0 Å². The third-order valence-electron chi connectivity index (χ3n) is 4.99. The second-order valence-electron chi connectivity index (χ2n) is 6.87. The number of aromatic nitrogens is 1. The van der Waals surface area contributed by atoms with Crippen LogP contribution in [-0.2, 0) is 14.3 Å². The van der Waals surface area contributed by atoms with E-state index in [0.29, 0.717) is 38.3 Å². The normalized spacial score (nSPS) is 24.3. The highest BCUT2D eigenvalue weighted by Crippen LogP contribution is 2.24. The largest absolute Gasteiger partial charge is 0.364 e. The molecule has 0 bridgehead atoms. The molecule has 7 heteroatoms. The van der Waals surface area contributed by atoms with Crippen molar-refractivity contribution < 1.29 is 14.3 Å². The molecular formula is C18H26N4O3. The molecule has 2 saturated heterocycles. The lowest BCUT2D eigenvalue weighted by Crippen LogP contribution is -2.45. The molecule has 7 nitrogen and oxygen atoms in total. The van der Waals surface area contributed by atoms with Gasteiger partial charge in [-0.1, -0.05) is 6.07 Å². The molecule has 1 aromatic heterocycles. The van der Waals surface area contributed by atoms with Crippen molar-refractivity contribution in [1.29, 1.82) is 0 Å². The summed E-state index contributed by atoms with van der Waals surface area (Å²) in [6.07, 6.45) is 4.27. The van der Waals surface area contributed by atoms with Gasteiger partial charge in [-0.15, -0.1) is 0 Å². The SMILES string of the molecule is Cc1ccc(NC(=O)C2CCN(C(=O)[C@@H]3CC[C@H](CN)O3)CC2)nc1. The Kier molecular flexibility index (Phi) is 5.65. The molecule has 0 aliphatic carbocycles. The maximum Gasteiger partial charge on any atom is 0.251 e. The highest BCUT2D eigenvalue weighted by atomic mass is 16.5. The molecule has 2 amide bonds. The van der Waals surface area contributed by atoms with E-state index in [2.05, 4.69) is 10.3 Å². The molecule has 2 fully saturated rings. The van der Waals surface area contributed by atoms with Crippen LogP contribution < -0.4 is 11.1 Å². The van der Waals surface area contributed by atoms with Crippen molar-refractivity contribution in [1.82, 2.24) is 9.88 Å². The number of nitrogens with two attached hydrogens (primary N) is 1. The lowest BCUT2D eigenvalue weighted by molar-refractivity contribution is -0.145. The first-order valence-corrected chi connectivity index (χ1v) is 8.94. The van der Waals surface area contributed by atoms with Gasteiger partial charge in [-0.05, 0) is 44.2 Å². The number of likely N-dealkylation sites (tertiary alicyclic amines) is 1. The summed E-state index contributed by atoms with van der Waals surface area (Å²) < 4.78 is 5.68. The lowest BCUT2D eigenvalue weighted by atomic mass is 9.95. The summed E-state index contributed by atoms with van der Waals surface area (Å²) in [5.41, 5.74) is 6.65. The zero-order valence-corrected chi connectivity index (χ0v) is 14.6. The third kappa shape index (κ3) is 4.35. The van der Waals surface area contributed by atoms with Crippen molar-refractivity contribution in [2.45, 2.75) is 44.8 Å². The van der Waals surface area contributed by atoms with Crippen molar-refractivity contribution in [3.05, 3.63) is 23.9 Å². The molecule has 2 aliphatic heterocycles. The van der Waals surface area contributed by atoms with Gasteiger partial charge in [0.1, 0.15) is 11.9 Å². The number of nitrogens with one attached hydrogen (secondary N) is 1. The van der Waals surface area contributed by atoms with Crippen molar-refractivity contribution >= 4 is 17.6 Å². The van der Waals surface area contributed by atoms with E-state index in [1.54, 1.807) is 12.3 Å². The number of aryl methyl sites for hydroxylation is 1. The highest BCUT2D eigenvalue weighted by Gasteiger charge is 2.35. The monoisotopic (exact) mass is 346 g/mol. The maximum absolute atomic E-state index is 12.5. The number of ether oxygens (including phenoxy) is 1. The second kappa shape index (κ2) is 7.93. The predicted molar refractivity (Wildman–Crippen MR) is 93.9 cm³/mol. The maximum atomic E-state index is 12.5. The van der Waals surface area contributed by atoms with Gasteiger partial charge in [-0.3, -0.25) is 9.59 Å². The van der Waals surface area contributed by atoms with Gasteiger partial charge >= 0.3 is 0 Å². The molecule has 2 aliphatic rings. The first-order valence-electron chi connectivity index (χ1n) is 8.94. The highest BCUT2D eigenvalue weighted by molar-refractivity contribution is 5.92. The number of hydrogen-bond donors (Lipinski definition) is 2. The van der Waals surface area contributed by atoms with Crippen LogP contribution in [0, 0.1) is 12.8 Å². The van der Waals surface area contributed by atoms with Crippen LogP contribution >= 0.6 is 0 Å². The number of nitrogens with zero attached hydrogens (tertiary/aromatic N) is 2. The Bertz CT molecular complexity index is 611. The number of carbonyl (C=O) groups excluding carboxylic acids is 2. The van der Waals surface area contributed by atoms with Gasteiger partial charge in [0.05, 0.1) is 6.10 Å². The number of piperidine rings is 1. The van der Waals surface area contributed by atoms with E-state index in [-0.39, 0.29) is 29.9 Å². The van der Waals surface area contributed by atoms with E-state index < -0.39 is 0 Å². The van der Waals surface area contributed by atoms with E-state index >= 15 is 0 Å². The minimum Gasteiger partial charge on any atom is -0.364 e. The molecule has 136 valence electrons. The standard InChI is InChI=1S/C18H26N4O3/c1-12-2-5-16(20-11-12)21-17(23)13-6-8-22(9-7-13)18(24)15-4-3-14(10-19)25-15/h2,5,11,13-15H,3-4,6-10,19H2,1H3,(H,20,21,23)/t14-,15+/m1/s1. The number of anilines is 1. The quantitative estimate of drug-likeness (QED) is 0.850. The van der Waals surface area contributed by atoms with Crippen LogP contribution in [0.15, 0.2) is 18.3 Å². The molecule has 0 saturated carbocycles. The van der Waals surface area contributed by atoms with Gasteiger partial charge in [0, 0.05) is 31.7 Å². The minimum atomic E-state index is -0.365. The van der Waals surface area contributed by atoms with Crippen LogP contribution in [0.25, 0.3) is 0 Å². The van der Waals surface area contributed by atoms with Crippen molar-refractivity contribution in [2.24, 2.45) is 11.7 Å². The average molecular weight is 346 g/mol. The van der Waals surface area contributed by atoms with E-state index in [4.69, 9.17) is 10.5 Å². The van der Waals surface area contributed by atoms with E-state index in [1.165, 1.54) is 0 Å². The zero-order valence-electron chi connectivity index (χ0n) is 14.6. The number of hydrogen-bond acceptors (Lipinski definition) is 5. The third-order valence-corrected chi connectivity index (χ3v) is 4.99. The Morgan fingerprint density at radius 1 is 1.28 bits per heavy atom. The molecule has 3 heterocycles. The van der Waals surface area contributed by atoms with Crippen LogP contribution in [0.2, 0.25) is 0 Å². The molecule has 2 atom stereocenters. The van der Waals surface area contributed by atoms with Crippen LogP contribution in [0.4, 0.5) is 5.82 Å². The van der Waals surface area contributed by atoms with Gasteiger partial charge in [-0.2, -0.15) is 0 Å². The lowest BCUT2D eigenvalue weighted by Gasteiger charge is -2.32. The number of rotatable bonds is 4. The Hall–Kier alpha value is -1.99. The summed E-state index contributed by atoms with van der Waals surface area (Å²) >= 11 is 0. The predicted octanol–water partition coefficient (Wildman–Crippen LogP) is 1.07. The zero-order chi connectivity index (χ0) is 17.8. The number of carbonyl (C=O) groups is 2. The Balaban J connectivity index is 1.47. The second-order valence-corrected chi connectivity index (χ2v) is 6.87. The molecule has 0 radical (unpaired) electrons.